The molecule has 0 aliphatic heterocycles. The van der Waals surface area contributed by atoms with Crippen molar-refractivity contribution < 1.29 is 9.53 Å². The van der Waals surface area contributed by atoms with Crippen LogP contribution in [0.4, 0.5) is 0 Å². The molecule has 0 unspecified atom stereocenters. The number of rotatable bonds is 6. The van der Waals surface area contributed by atoms with Gasteiger partial charge in [0.05, 0.1) is 12.7 Å². The third-order valence-electron chi connectivity index (χ3n) is 6.39. The van der Waals surface area contributed by atoms with E-state index < -0.39 is 0 Å². The average molecular weight is 406 g/mol. The number of aromatic nitrogens is 2. The normalized spacial score (nSPS) is 14.8. The molecule has 1 aliphatic rings. The number of methoxy groups -OCH3 is 1. The van der Waals surface area contributed by atoms with Gasteiger partial charge in [-0.1, -0.05) is 25.3 Å². The highest BCUT2D eigenvalue weighted by atomic mass is 16.5. The molecule has 1 saturated carbocycles. The highest BCUT2D eigenvalue weighted by Gasteiger charge is 2.27. The van der Waals surface area contributed by atoms with Gasteiger partial charge < -0.3 is 14.2 Å². The van der Waals surface area contributed by atoms with E-state index in [1.807, 2.05) is 42.3 Å². The highest BCUT2D eigenvalue weighted by molar-refractivity contribution is 6.08. The standard InChI is InChI=1S/C25H31N3O2/c1-18-24(25(29)27(2)16-14-19-9-7-8-15-26-19)22-17-21(30-3)12-13-23(22)28(18)20-10-5-4-6-11-20/h7-9,12-13,15,17,20H,4-6,10-11,14,16H2,1-3H3. The Kier molecular flexibility index (Phi) is 6.07. The number of hydrogen-bond donors (Lipinski definition) is 0. The lowest BCUT2D eigenvalue weighted by Gasteiger charge is -2.26. The van der Waals surface area contributed by atoms with Gasteiger partial charge in [0.25, 0.3) is 5.91 Å². The summed E-state index contributed by atoms with van der Waals surface area (Å²) in [6.45, 7) is 2.73. The minimum Gasteiger partial charge on any atom is -0.497 e. The first-order valence-electron chi connectivity index (χ1n) is 10.9. The van der Waals surface area contributed by atoms with Crippen molar-refractivity contribution in [2.24, 2.45) is 0 Å². The number of likely N-dealkylation sites (N-methyl/N-ethyl adjacent to an activating group) is 1. The summed E-state index contributed by atoms with van der Waals surface area (Å²) >= 11 is 0. The molecule has 2 aromatic heterocycles. The molecule has 5 nitrogen and oxygen atoms in total. The maximum atomic E-state index is 13.5. The molecule has 1 amide bonds. The summed E-state index contributed by atoms with van der Waals surface area (Å²) in [5, 5.41) is 0.993. The molecule has 1 aromatic carbocycles. The fourth-order valence-electron chi connectivity index (χ4n) is 4.75. The van der Waals surface area contributed by atoms with Gasteiger partial charge in [0.1, 0.15) is 5.75 Å². The van der Waals surface area contributed by atoms with E-state index in [1.54, 1.807) is 13.3 Å². The first kappa shape index (κ1) is 20.5. The van der Waals surface area contributed by atoms with Crippen molar-refractivity contribution in [2.45, 2.75) is 51.5 Å². The lowest BCUT2D eigenvalue weighted by Crippen LogP contribution is -2.29. The fraction of sp³-hybridized carbons (Fsp3) is 0.440. The molecule has 0 N–H and O–H groups in total. The van der Waals surface area contributed by atoms with Crippen LogP contribution in [0.3, 0.4) is 0 Å². The lowest BCUT2D eigenvalue weighted by molar-refractivity contribution is 0.0797. The molecule has 5 heteroatoms. The largest absolute Gasteiger partial charge is 0.497 e. The van der Waals surface area contributed by atoms with E-state index in [-0.39, 0.29) is 5.91 Å². The number of ether oxygens (including phenoxy) is 1. The molecule has 1 fully saturated rings. The van der Waals surface area contributed by atoms with E-state index in [2.05, 4.69) is 22.5 Å². The molecule has 0 bridgehead atoms. The number of hydrogen-bond acceptors (Lipinski definition) is 3. The van der Waals surface area contributed by atoms with Crippen LogP contribution in [-0.2, 0) is 6.42 Å². The van der Waals surface area contributed by atoms with Crippen LogP contribution >= 0.6 is 0 Å². The van der Waals surface area contributed by atoms with Crippen LogP contribution in [0, 0.1) is 6.92 Å². The Balaban J connectivity index is 1.69. The Bertz CT molecular complexity index is 1020. The SMILES string of the molecule is COc1ccc2c(c1)c(C(=O)N(C)CCc1ccccn1)c(C)n2C1CCCCC1. The maximum Gasteiger partial charge on any atom is 0.256 e. The molecule has 3 aromatic rings. The van der Waals surface area contributed by atoms with Crippen LogP contribution in [0.1, 0.15) is 59.9 Å². The van der Waals surface area contributed by atoms with Gasteiger partial charge in [0, 0.05) is 54.5 Å². The summed E-state index contributed by atoms with van der Waals surface area (Å²) in [4.78, 5) is 19.7. The smallest absolute Gasteiger partial charge is 0.256 e. The third kappa shape index (κ3) is 3.93. The number of pyridine rings is 1. The Morgan fingerprint density at radius 2 is 2.00 bits per heavy atom. The van der Waals surface area contributed by atoms with Crippen LogP contribution in [0.2, 0.25) is 0 Å². The zero-order valence-electron chi connectivity index (χ0n) is 18.2. The van der Waals surface area contributed by atoms with E-state index in [0.717, 1.165) is 40.0 Å². The van der Waals surface area contributed by atoms with E-state index in [0.29, 0.717) is 12.6 Å². The van der Waals surface area contributed by atoms with Gasteiger partial charge in [-0.2, -0.15) is 0 Å². The van der Waals surface area contributed by atoms with Crippen molar-refractivity contribution in [1.82, 2.24) is 14.5 Å². The molecular formula is C25H31N3O2. The molecule has 30 heavy (non-hydrogen) atoms. The topological polar surface area (TPSA) is 47.4 Å². The van der Waals surface area contributed by atoms with Crippen molar-refractivity contribution in [3.63, 3.8) is 0 Å². The Hall–Kier alpha value is -2.82. The quantitative estimate of drug-likeness (QED) is 0.568. The number of carbonyl (C=O) groups is 1. The van der Waals surface area contributed by atoms with E-state index >= 15 is 0 Å². The van der Waals surface area contributed by atoms with Gasteiger partial charge in [-0.3, -0.25) is 9.78 Å². The fourth-order valence-corrected chi connectivity index (χ4v) is 4.75. The predicted octanol–water partition coefficient (Wildman–Crippen LogP) is 5.17. The number of amides is 1. The molecule has 4 rings (SSSR count). The van der Waals surface area contributed by atoms with Crippen LogP contribution in [0.25, 0.3) is 10.9 Å². The molecule has 0 saturated heterocycles. The monoisotopic (exact) mass is 405 g/mol. The Morgan fingerprint density at radius 1 is 1.20 bits per heavy atom. The number of nitrogens with zero attached hydrogens (tertiary/aromatic N) is 3. The van der Waals surface area contributed by atoms with Crippen molar-refractivity contribution in [3.8, 4) is 5.75 Å². The molecule has 158 valence electrons. The third-order valence-corrected chi connectivity index (χ3v) is 6.39. The summed E-state index contributed by atoms with van der Waals surface area (Å²) in [7, 11) is 3.56. The van der Waals surface area contributed by atoms with Crippen LogP contribution in [0.5, 0.6) is 5.75 Å². The van der Waals surface area contributed by atoms with Crippen molar-refractivity contribution >= 4 is 16.8 Å². The van der Waals surface area contributed by atoms with Gasteiger partial charge in [-0.05, 0) is 50.1 Å². The molecule has 0 spiro atoms. The van der Waals surface area contributed by atoms with Gasteiger partial charge in [0.15, 0.2) is 0 Å². The number of carbonyl (C=O) groups excluding carboxylic acids is 1. The zero-order chi connectivity index (χ0) is 21.1. The summed E-state index contributed by atoms with van der Waals surface area (Å²) in [6, 6.07) is 12.5. The predicted molar refractivity (Wildman–Crippen MR) is 120 cm³/mol. The number of benzene rings is 1. The van der Waals surface area contributed by atoms with Crippen molar-refractivity contribution in [3.05, 3.63) is 59.5 Å². The Morgan fingerprint density at radius 3 is 2.70 bits per heavy atom. The zero-order valence-corrected chi connectivity index (χ0v) is 18.2. The molecule has 1 aliphatic carbocycles. The van der Waals surface area contributed by atoms with Gasteiger partial charge in [0.2, 0.25) is 0 Å². The van der Waals surface area contributed by atoms with Crippen molar-refractivity contribution in [1.29, 1.82) is 0 Å². The van der Waals surface area contributed by atoms with Gasteiger partial charge >= 0.3 is 0 Å². The molecule has 0 atom stereocenters. The molecule has 2 heterocycles. The summed E-state index contributed by atoms with van der Waals surface area (Å²) in [5.74, 6) is 0.852. The average Bonchev–Trinajstić information content (AvgIpc) is 3.08. The Labute approximate surface area is 178 Å². The summed E-state index contributed by atoms with van der Waals surface area (Å²) < 4.78 is 7.89. The van der Waals surface area contributed by atoms with E-state index in [4.69, 9.17) is 4.74 Å². The van der Waals surface area contributed by atoms with Crippen LogP contribution in [-0.4, -0.2) is 41.1 Å². The lowest BCUT2D eigenvalue weighted by atomic mass is 9.95. The van der Waals surface area contributed by atoms with Crippen LogP contribution < -0.4 is 4.74 Å². The first-order chi connectivity index (χ1) is 14.6. The van der Waals surface area contributed by atoms with Gasteiger partial charge in [-0.15, -0.1) is 0 Å². The van der Waals surface area contributed by atoms with E-state index in [1.165, 1.54) is 32.1 Å². The number of fused-ring (bicyclic) bond motifs is 1. The second-order valence-electron chi connectivity index (χ2n) is 8.30. The molecule has 0 radical (unpaired) electrons. The minimum absolute atomic E-state index is 0.0660. The summed E-state index contributed by atoms with van der Waals surface area (Å²) in [5.41, 5.74) is 4.01. The second kappa shape index (κ2) is 8.90. The van der Waals surface area contributed by atoms with Crippen molar-refractivity contribution in [2.75, 3.05) is 20.7 Å². The maximum absolute atomic E-state index is 13.5. The minimum atomic E-state index is 0.0660. The van der Waals surface area contributed by atoms with E-state index in [9.17, 15) is 4.79 Å². The molecular weight excluding hydrogens is 374 g/mol. The van der Waals surface area contributed by atoms with Crippen LogP contribution in [0.15, 0.2) is 42.6 Å². The second-order valence-corrected chi connectivity index (χ2v) is 8.30. The summed E-state index contributed by atoms with van der Waals surface area (Å²) in [6.07, 6.45) is 8.72. The highest BCUT2D eigenvalue weighted by Crippen LogP contribution is 2.37. The first-order valence-corrected chi connectivity index (χ1v) is 10.9. The van der Waals surface area contributed by atoms with Gasteiger partial charge in [-0.25, -0.2) is 0 Å².